The van der Waals surface area contributed by atoms with Gasteiger partial charge in [-0.1, -0.05) is 48.5 Å². The highest BCUT2D eigenvalue weighted by molar-refractivity contribution is 8.02. The van der Waals surface area contributed by atoms with Crippen LogP contribution in [0.3, 0.4) is 0 Å². The minimum absolute atomic E-state index is 0.0123. The summed E-state index contributed by atoms with van der Waals surface area (Å²) >= 11 is 1.63. The first-order valence-electron chi connectivity index (χ1n) is 12.6. The Morgan fingerprint density at radius 3 is 2.44 bits per heavy atom. The standard InChI is InChI=1S/C28H33N3O4S/c1-16-8-7-9-17(2)23(16)30-26(34)24-28-13-12-20(36-28)21(25(33)29-3)22(28)27(35)31(24)19(15-32)14-18-10-5-4-6-11-18/h4-11,19-22,24,32H,12-15H2,1-3H3,(H,29,33)(H,30,34)/t19-,20+,21-,22+,24?,28?/m1/s1. The van der Waals surface area contributed by atoms with Crippen LogP contribution in [-0.2, 0) is 20.8 Å². The van der Waals surface area contributed by atoms with Gasteiger partial charge >= 0.3 is 0 Å². The predicted octanol–water partition coefficient (Wildman–Crippen LogP) is 2.68. The number of rotatable bonds is 7. The van der Waals surface area contributed by atoms with E-state index >= 15 is 0 Å². The maximum absolute atomic E-state index is 14.1. The number of anilines is 1. The molecule has 2 bridgehead atoms. The van der Waals surface area contributed by atoms with Crippen LogP contribution in [0.25, 0.3) is 0 Å². The maximum atomic E-state index is 14.1. The van der Waals surface area contributed by atoms with Crippen molar-refractivity contribution >= 4 is 35.2 Å². The molecule has 3 amide bonds. The Balaban J connectivity index is 1.57. The van der Waals surface area contributed by atoms with E-state index in [1.807, 2.05) is 62.4 Å². The van der Waals surface area contributed by atoms with Crippen LogP contribution in [0, 0.1) is 25.7 Å². The van der Waals surface area contributed by atoms with Crippen molar-refractivity contribution in [1.82, 2.24) is 10.2 Å². The fourth-order valence-corrected chi connectivity index (χ4v) is 8.80. The molecule has 8 heteroatoms. The number of para-hydroxylation sites is 1. The molecule has 0 radical (unpaired) electrons. The topological polar surface area (TPSA) is 98.7 Å². The monoisotopic (exact) mass is 507 g/mol. The molecule has 2 unspecified atom stereocenters. The molecule has 0 aromatic heterocycles. The van der Waals surface area contributed by atoms with E-state index in [1.165, 1.54) is 0 Å². The first-order valence-corrected chi connectivity index (χ1v) is 13.4. The van der Waals surface area contributed by atoms with Crippen LogP contribution in [0.5, 0.6) is 0 Å². The number of hydrogen-bond donors (Lipinski definition) is 3. The van der Waals surface area contributed by atoms with E-state index < -0.39 is 28.7 Å². The summed E-state index contributed by atoms with van der Waals surface area (Å²) in [7, 11) is 1.60. The van der Waals surface area contributed by atoms with E-state index in [1.54, 1.807) is 23.7 Å². The number of benzene rings is 2. The second-order valence-electron chi connectivity index (χ2n) is 10.2. The van der Waals surface area contributed by atoms with E-state index in [4.69, 9.17) is 0 Å². The lowest BCUT2D eigenvalue weighted by molar-refractivity contribution is -0.141. The molecule has 1 spiro atoms. The number of nitrogens with zero attached hydrogens (tertiary/aromatic N) is 1. The third-order valence-corrected chi connectivity index (χ3v) is 10.1. The fourth-order valence-electron chi connectivity index (χ4n) is 6.59. The predicted molar refractivity (Wildman–Crippen MR) is 141 cm³/mol. The molecular weight excluding hydrogens is 474 g/mol. The third-order valence-electron chi connectivity index (χ3n) is 8.18. The molecule has 2 aromatic rings. The van der Waals surface area contributed by atoms with Gasteiger partial charge in [0, 0.05) is 18.0 Å². The minimum atomic E-state index is -0.778. The van der Waals surface area contributed by atoms with Gasteiger partial charge in [0.1, 0.15) is 6.04 Å². The van der Waals surface area contributed by atoms with Crippen LogP contribution in [0.4, 0.5) is 5.69 Å². The summed E-state index contributed by atoms with van der Waals surface area (Å²) in [6.07, 6.45) is 1.91. The zero-order valence-electron chi connectivity index (χ0n) is 20.9. The SMILES string of the molecule is CNC(=O)[C@@H]1[C@@H]2CCC3(S2)C(C(=O)Nc2c(C)cccc2C)N([C@@H](CO)Cc2ccccc2)C(=O)[C@H]13. The first kappa shape index (κ1) is 24.8. The van der Waals surface area contributed by atoms with E-state index in [0.29, 0.717) is 12.8 Å². The van der Waals surface area contributed by atoms with Gasteiger partial charge < -0.3 is 20.6 Å². The van der Waals surface area contributed by atoms with Crippen LogP contribution >= 0.6 is 11.8 Å². The average molecular weight is 508 g/mol. The van der Waals surface area contributed by atoms with Crippen LogP contribution in [0.1, 0.15) is 29.5 Å². The van der Waals surface area contributed by atoms with Gasteiger partial charge in [-0.05, 0) is 49.8 Å². The lowest BCUT2D eigenvalue weighted by Crippen LogP contribution is -2.55. The van der Waals surface area contributed by atoms with E-state index in [2.05, 4.69) is 10.6 Å². The second-order valence-corrected chi connectivity index (χ2v) is 11.8. The molecular formula is C28H33N3O4S. The van der Waals surface area contributed by atoms with Crippen molar-refractivity contribution in [2.45, 2.75) is 55.2 Å². The van der Waals surface area contributed by atoms with Gasteiger partial charge in [-0.25, -0.2) is 0 Å². The van der Waals surface area contributed by atoms with E-state index in [9.17, 15) is 19.5 Å². The molecule has 3 saturated heterocycles. The van der Waals surface area contributed by atoms with Crippen molar-refractivity contribution in [3.8, 4) is 0 Å². The number of carbonyl (C=O) groups is 3. The van der Waals surface area contributed by atoms with Crippen molar-refractivity contribution < 1.29 is 19.5 Å². The van der Waals surface area contributed by atoms with Gasteiger partial charge in [0.25, 0.3) is 0 Å². The Hall–Kier alpha value is -2.84. The number of fused-ring (bicyclic) bond motifs is 1. The Morgan fingerprint density at radius 1 is 1.11 bits per heavy atom. The van der Waals surface area contributed by atoms with E-state index in [0.717, 1.165) is 28.8 Å². The van der Waals surface area contributed by atoms with Crippen molar-refractivity contribution in [2.75, 3.05) is 19.0 Å². The molecule has 3 aliphatic rings. The third kappa shape index (κ3) is 3.82. The summed E-state index contributed by atoms with van der Waals surface area (Å²) in [5.74, 6) is -1.65. The molecule has 0 saturated carbocycles. The highest BCUT2D eigenvalue weighted by atomic mass is 32.2. The zero-order valence-corrected chi connectivity index (χ0v) is 21.7. The van der Waals surface area contributed by atoms with Crippen molar-refractivity contribution in [3.63, 3.8) is 0 Å². The summed E-state index contributed by atoms with van der Waals surface area (Å²) in [5, 5.41) is 16.4. The lowest BCUT2D eigenvalue weighted by atomic mass is 9.70. The number of likely N-dealkylation sites (tertiary alicyclic amines) is 1. The molecule has 3 fully saturated rings. The number of aliphatic hydroxyl groups is 1. The van der Waals surface area contributed by atoms with Crippen LogP contribution in [0.2, 0.25) is 0 Å². The Bertz CT molecular complexity index is 1170. The number of aryl methyl sites for hydroxylation is 2. The van der Waals surface area contributed by atoms with Gasteiger partial charge in [0.2, 0.25) is 17.7 Å². The summed E-state index contributed by atoms with van der Waals surface area (Å²) in [5.41, 5.74) is 3.62. The van der Waals surface area contributed by atoms with Gasteiger partial charge in [-0.3, -0.25) is 14.4 Å². The van der Waals surface area contributed by atoms with Crippen LogP contribution in [0.15, 0.2) is 48.5 Å². The molecule has 7 nitrogen and oxygen atoms in total. The molecule has 190 valence electrons. The molecule has 0 aliphatic carbocycles. The Labute approximate surface area is 216 Å². The quantitative estimate of drug-likeness (QED) is 0.535. The van der Waals surface area contributed by atoms with Crippen LogP contribution in [-0.4, -0.2) is 63.5 Å². The van der Waals surface area contributed by atoms with Gasteiger partial charge in [-0.15, -0.1) is 11.8 Å². The number of amides is 3. The molecule has 3 heterocycles. The maximum Gasteiger partial charge on any atom is 0.248 e. The Morgan fingerprint density at radius 2 is 1.81 bits per heavy atom. The van der Waals surface area contributed by atoms with Crippen molar-refractivity contribution in [3.05, 3.63) is 65.2 Å². The number of carbonyl (C=O) groups excluding carboxylic acids is 3. The molecule has 2 aromatic carbocycles. The van der Waals surface area contributed by atoms with Gasteiger partial charge in [-0.2, -0.15) is 0 Å². The molecule has 3 aliphatic heterocycles. The zero-order chi connectivity index (χ0) is 25.6. The molecule has 5 rings (SSSR count). The van der Waals surface area contributed by atoms with Gasteiger partial charge in [0.15, 0.2) is 0 Å². The number of nitrogens with one attached hydrogen (secondary N) is 2. The first-order chi connectivity index (χ1) is 17.3. The van der Waals surface area contributed by atoms with E-state index in [-0.39, 0.29) is 29.6 Å². The number of hydrogen-bond acceptors (Lipinski definition) is 5. The fraction of sp³-hybridized carbons (Fsp3) is 0.464. The highest BCUT2D eigenvalue weighted by Crippen LogP contribution is 2.66. The summed E-state index contributed by atoms with van der Waals surface area (Å²) in [6.45, 7) is 3.63. The normalized spacial score (nSPS) is 29.2. The molecule has 3 N–H and O–H groups in total. The average Bonchev–Trinajstić information content (AvgIpc) is 3.52. The Kier molecular flexibility index (Phi) is 6.59. The largest absolute Gasteiger partial charge is 0.394 e. The summed E-state index contributed by atoms with van der Waals surface area (Å²) < 4.78 is -0.691. The van der Waals surface area contributed by atoms with Crippen LogP contribution < -0.4 is 10.6 Å². The van der Waals surface area contributed by atoms with Crippen molar-refractivity contribution in [2.24, 2.45) is 11.8 Å². The summed E-state index contributed by atoms with van der Waals surface area (Å²) in [4.78, 5) is 42.8. The van der Waals surface area contributed by atoms with Crippen molar-refractivity contribution in [1.29, 1.82) is 0 Å². The number of thioether (sulfide) groups is 1. The smallest absolute Gasteiger partial charge is 0.248 e. The highest BCUT2D eigenvalue weighted by Gasteiger charge is 2.74. The van der Waals surface area contributed by atoms with Gasteiger partial charge in [0.05, 0.1) is 29.2 Å². The summed E-state index contributed by atoms with van der Waals surface area (Å²) in [6, 6.07) is 14.2. The molecule has 6 atom stereocenters. The lowest BCUT2D eigenvalue weighted by Gasteiger charge is -2.37. The molecule has 36 heavy (non-hydrogen) atoms. The minimum Gasteiger partial charge on any atom is -0.394 e. The number of aliphatic hydroxyl groups excluding tert-OH is 1. The second kappa shape index (κ2) is 9.56.